The molecule has 0 aliphatic rings. The van der Waals surface area contributed by atoms with Crippen LogP contribution in [0.2, 0.25) is 0 Å². The number of rotatable bonds is 3. The summed E-state index contributed by atoms with van der Waals surface area (Å²) >= 11 is 0. The number of aryl methyl sites for hydroxylation is 2. The van der Waals surface area contributed by atoms with E-state index in [0.717, 1.165) is 11.3 Å². The predicted octanol–water partition coefficient (Wildman–Crippen LogP) is 1.20. The van der Waals surface area contributed by atoms with Crippen LogP contribution < -0.4 is 11.1 Å². The third-order valence-corrected chi connectivity index (χ3v) is 2.66. The molecule has 0 saturated heterocycles. The second-order valence-corrected chi connectivity index (χ2v) is 3.93. The quantitative estimate of drug-likeness (QED) is 0.848. The molecule has 2 heterocycles. The van der Waals surface area contributed by atoms with E-state index in [2.05, 4.69) is 15.5 Å². The van der Waals surface area contributed by atoms with Gasteiger partial charge in [-0.3, -0.25) is 4.79 Å². The second kappa shape index (κ2) is 4.87. The number of aromatic nitrogens is 2. The lowest BCUT2D eigenvalue weighted by atomic mass is 10.2. The summed E-state index contributed by atoms with van der Waals surface area (Å²) in [4.78, 5) is 15.8. The van der Waals surface area contributed by atoms with Crippen LogP contribution in [0.1, 0.15) is 27.5 Å². The Morgan fingerprint density at radius 2 is 2.28 bits per heavy atom. The fraction of sp³-hybridized carbons (Fsp3) is 0.250. The van der Waals surface area contributed by atoms with Crippen molar-refractivity contribution in [3.63, 3.8) is 0 Å². The van der Waals surface area contributed by atoms with Gasteiger partial charge >= 0.3 is 0 Å². The highest BCUT2D eigenvalue weighted by molar-refractivity contribution is 5.96. The molecule has 3 N–H and O–H groups in total. The van der Waals surface area contributed by atoms with Gasteiger partial charge in [-0.15, -0.1) is 0 Å². The Hall–Kier alpha value is -2.37. The van der Waals surface area contributed by atoms with E-state index in [4.69, 9.17) is 10.3 Å². The van der Waals surface area contributed by atoms with Crippen LogP contribution in [-0.4, -0.2) is 16.0 Å². The van der Waals surface area contributed by atoms with Crippen LogP contribution in [0, 0.1) is 13.8 Å². The maximum atomic E-state index is 11.9. The van der Waals surface area contributed by atoms with Crippen LogP contribution in [0.3, 0.4) is 0 Å². The van der Waals surface area contributed by atoms with Gasteiger partial charge in [0.2, 0.25) is 0 Å². The van der Waals surface area contributed by atoms with Crippen molar-refractivity contribution < 1.29 is 9.32 Å². The van der Waals surface area contributed by atoms with Gasteiger partial charge in [-0.25, -0.2) is 4.98 Å². The molecule has 6 nitrogen and oxygen atoms in total. The summed E-state index contributed by atoms with van der Waals surface area (Å²) in [5.41, 5.74) is 7.90. The van der Waals surface area contributed by atoms with Crippen molar-refractivity contribution >= 4 is 11.6 Å². The molecule has 0 radical (unpaired) electrons. The van der Waals surface area contributed by atoms with Gasteiger partial charge in [0.25, 0.3) is 5.91 Å². The van der Waals surface area contributed by atoms with Crippen LogP contribution in [0.25, 0.3) is 0 Å². The first kappa shape index (κ1) is 12.1. The lowest BCUT2D eigenvalue weighted by Crippen LogP contribution is -2.25. The predicted molar refractivity (Wildman–Crippen MR) is 65.8 cm³/mol. The third kappa shape index (κ3) is 2.32. The van der Waals surface area contributed by atoms with Gasteiger partial charge in [0, 0.05) is 18.3 Å². The molecule has 0 fully saturated rings. The molecule has 2 aromatic heterocycles. The van der Waals surface area contributed by atoms with Crippen LogP contribution in [0.15, 0.2) is 22.9 Å². The van der Waals surface area contributed by atoms with Gasteiger partial charge in [-0.2, -0.15) is 0 Å². The molecule has 0 bridgehead atoms. The molecule has 6 heteroatoms. The van der Waals surface area contributed by atoms with Gasteiger partial charge in [0.05, 0.1) is 11.4 Å². The summed E-state index contributed by atoms with van der Waals surface area (Å²) < 4.78 is 5.02. The van der Waals surface area contributed by atoms with Gasteiger partial charge in [0.15, 0.2) is 5.69 Å². The first-order chi connectivity index (χ1) is 8.59. The summed E-state index contributed by atoms with van der Waals surface area (Å²) in [5, 5.41) is 6.56. The van der Waals surface area contributed by atoms with Crippen LogP contribution in [0.5, 0.6) is 0 Å². The summed E-state index contributed by atoms with van der Waals surface area (Å²) in [6, 6.07) is 3.32. The third-order valence-electron chi connectivity index (χ3n) is 2.66. The smallest absolute Gasteiger partial charge is 0.272 e. The summed E-state index contributed by atoms with van der Waals surface area (Å²) in [6.07, 6.45) is 1.53. The van der Waals surface area contributed by atoms with Crippen LogP contribution >= 0.6 is 0 Å². The van der Waals surface area contributed by atoms with E-state index in [0.29, 0.717) is 18.0 Å². The molecular formula is C12H14N4O2. The standard InChI is InChI=1S/C12H14N4O2/c1-7-9(8(2)18-16-7)6-15-12(17)11-10(13)4-3-5-14-11/h3-5H,6,13H2,1-2H3,(H,15,17). The van der Waals surface area contributed by atoms with E-state index in [1.807, 2.05) is 6.92 Å². The number of nitrogen functional groups attached to an aromatic ring is 1. The number of nitrogens with one attached hydrogen (secondary N) is 1. The SMILES string of the molecule is Cc1noc(C)c1CNC(=O)c1ncccc1N. The lowest BCUT2D eigenvalue weighted by Gasteiger charge is -2.05. The van der Waals surface area contributed by atoms with E-state index < -0.39 is 0 Å². The molecule has 94 valence electrons. The highest BCUT2D eigenvalue weighted by Gasteiger charge is 2.13. The topological polar surface area (TPSA) is 94.0 Å². The Morgan fingerprint density at radius 1 is 1.50 bits per heavy atom. The van der Waals surface area contributed by atoms with Gasteiger partial charge in [0.1, 0.15) is 5.76 Å². The second-order valence-electron chi connectivity index (χ2n) is 3.93. The average molecular weight is 246 g/mol. The average Bonchev–Trinajstić information content (AvgIpc) is 2.67. The Kier molecular flexibility index (Phi) is 3.27. The van der Waals surface area contributed by atoms with E-state index in [1.165, 1.54) is 6.20 Å². The van der Waals surface area contributed by atoms with Crippen molar-refractivity contribution in [2.75, 3.05) is 5.73 Å². The number of nitrogens with two attached hydrogens (primary N) is 1. The molecule has 0 saturated carbocycles. The summed E-state index contributed by atoms with van der Waals surface area (Å²) in [5.74, 6) is 0.384. The fourth-order valence-corrected chi connectivity index (χ4v) is 1.61. The Bertz CT molecular complexity index is 558. The highest BCUT2D eigenvalue weighted by Crippen LogP contribution is 2.12. The molecule has 0 atom stereocenters. The van der Waals surface area contributed by atoms with Crippen LogP contribution in [0.4, 0.5) is 5.69 Å². The monoisotopic (exact) mass is 246 g/mol. The molecule has 0 aliphatic heterocycles. The van der Waals surface area contributed by atoms with Gasteiger partial charge in [-0.1, -0.05) is 5.16 Å². The Morgan fingerprint density at radius 3 is 2.89 bits per heavy atom. The number of pyridine rings is 1. The zero-order chi connectivity index (χ0) is 13.1. The Balaban J connectivity index is 2.08. The molecule has 1 amide bonds. The number of hydrogen-bond donors (Lipinski definition) is 2. The number of carbonyl (C=O) groups excluding carboxylic acids is 1. The maximum absolute atomic E-state index is 11.9. The molecule has 2 aromatic rings. The Labute approximate surface area is 104 Å². The fourth-order valence-electron chi connectivity index (χ4n) is 1.61. The van der Waals surface area contributed by atoms with Crippen molar-refractivity contribution in [3.8, 4) is 0 Å². The molecular weight excluding hydrogens is 232 g/mol. The molecule has 0 spiro atoms. The molecule has 0 aromatic carbocycles. The zero-order valence-corrected chi connectivity index (χ0v) is 10.2. The number of carbonyl (C=O) groups is 1. The van der Waals surface area contributed by atoms with Crippen LogP contribution in [-0.2, 0) is 6.54 Å². The van der Waals surface area contributed by atoms with E-state index in [9.17, 15) is 4.79 Å². The number of nitrogens with zero attached hydrogens (tertiary/aromatic N) is 2. The number of hydrogen-bond acceptors (Lipinski definition) is 5. The summed E-state index contributed by atoms with van der Waals surface area (Å²) in [7, 11) is 0. The van der Waals surface area contributed by atoms with Crippen molar-refractivity contribution in [3.05, 3.63) is 41.0 Å². The lowest BCUT2D eigenvalue weighted by molar-refractivity contribution is 0.0947. The summed E-state index contributed by atoms with van der Waals surface area (Å²) in [6.45, 7) is 3.97. The molecule has 18 heavy (non-hydrogen) atoms. The minimum atomic E-state index is -0.312. The van der Waals surface area contributed by atoms with E-state index in [1.54, 1.807) is 19.1 Å². The van der Waals surface area contributed by atoms with Crippen molar-refractivity contribution in [1.29, 1.82) is 0 Å². The maximum Gasteiger partial charge on any atom is 0.272 e. The van der Waals surface area contributed by atoms with Gasteiger partial charge < -0.3 is 15.6 Å². The normalized spacial score (nSPS) is 10.3. The van der Waals surface area contributed by atoms with Crippen molar-refractivity contribution in [2.24, 2.45) is 0 Å². The molecule has 2 rings (SSSR count). The zero-order valence-electron chi connectivity index (χ0n) is 10.2. The number of amides is 1. The minimum absolute atomic E-state index is 0.226. The first-order valence-electron chi connectivity index (χ1n) is 5.50. The van der Waals surface area contributed by atoms with Crippen molar-refractivity contribution in [2.45, 2.75) is 20.4 Å². The van der Waals surface area contributed by atoms with Crippen molar-refractivity contribution in [1.82, 2.24) is 15.5 Å². The van der Waals surface area contributed by atoms with Gasteiger partial charge in [-0.05, 0) is 26.0 Å². The largest absolute Gasteiger partial charge is 0.397 e. The van der Waals surface area contributed by atoms with E-state index >= 15 is 0 Å². The number of anilines is 1. The van der Waals surface area contributed by atoms with E-state index in [-0.39, 0.29) is 11.6 Å². The molecule has 0 aliphatic carbocycles. The highest BCUT2D eigenvalue weighted by atomic mass is 16.5. The minimum Gasteiger partial charge on any atom is -0.397 e. The molecule has 0 unspecified atom stereocenters. The first-order valence-corrected chi connectivity index (χ1v) is 5.50.